The van der Waals surface area contributed by atoms with Gasteiger partial charge in [-0.15, -0.1) is 0 Å². The molecule has 124 valence electrons. The van der Waals surface area contributed by atoms with Crippen LogP contribution in [-0.2, 0) is 14.4 Å². The summed E-state index contributed by atoms with van der Waals surface area (Å²) in [5.74, 6) is -0.248. The lowest BCUT2D eigenvalue weighted by molar-refractivity contribution is -0.157. The zero-order chi connectivity index (χ0) is 16.7. The van der Waals surface area contributed by atoms with E-state index in [0.29, 0.717) is 18.0 Å². The van der Waals surface area contributed by atoms with Crippen LogP contribution >= 0.6 is 11.6 Å². The van der Waals surface area contributed by atoms with Crippen LogP contribution in [0.15, 0.2) is 30.3 Å². The summed E-state index contributed by atoms with van der Waals surface area (Å²) in [6, 6.07) is 7.18. The molecule has 3 rings (SSSR count). The summed E-state index contributed by atoms with van der Waals surface area (Å²) in [4.78, 5) is 18.0. The van der Waals surface area contributed by atoms with E-state index in [0.717, 1.165) is 11.3 Å². The van der Waals surface area contributed by atoms with E-state index in [1.54, 1.807) is 0 Å². The topological polar surface area (TPSA) is 59.6 Å². The van der Waals surface area contributed by atoms with Crippen LogP contribution in [0.2, 0.25) is 5.02 Å². The van der Waals surface area contributed by atoms with Crippen LogP contribution in [0.5, 0.6) is 0 Å². The Labute approximate surface area is 140 Å². The van der Waals surface area contributed by atoms with Crippen molar-refractivity contribution in [3.63, 3.8) is 0 Å². The number of esters is 1. The van der Waals surface area contributed by atoms with Gasteiger partial charge in [0.2, 0.25) is 0 Å². The molecule has 0 radical (unpaired) electrons. The van der Waals surface area contributed by atoms with E-state index >= 15 is 0 Å². The molecule has 0 bridgehead atoms. The van der Waals surface area contributed by atoms with Gasteiger partial charge in [-0.1, -0.05) is 23.7 Å². The highest BCUT2D eigenvalue weighted by Gasteiger charge is 2.46. The number of halogens is 1. The van der Waals surface area contributed by atoms with Gasteiger partial charge in [-0.25, -0.2) is 0 Å². The summed E-state index contributed by atoms with van der Waals surface area (Å²) >= 11 is 6.03. The molecule has 1 saturated heterocycles. The lowest BCUT2D eigenvalue weighted by atomic mass is 9.98. The van der Waals surface area contributed by atoms with Crippen molar-refractivity contribution in [2.75, 3.05) is 6.54 Å². The van der Waals surface area contributed by atoms with E-state index in [4.69, 9.17) is 21.2 Å². The predicted octanol–water partition coefficient (Wildman–Crippen LogP) is 2.66. The number of hydrogen-bond donors (Lipinski definition) is 2. The van der Waals surface area contributed by atoms with Gasteiger partial charge in [0.1, 0.15) is 17.2 Å². The molecule has 2 atom stereocenters. The first-order chi connectivity index (χ1) is 10.8. The van der Waals surface area contributed by atoms with Gasteiger partial charge in [0.15, 0.2) is 0 Å². The van der Waals surface area contributed by atoms with Crippen LogP contribution in [0.25, 0.3) is 5.70 Å². The first-order valence-electron chi connectivity index (χ1n) is 7.65. The van der Waals surface area contributed by atoms with Gasteiger partial charge < -0.3 is 10.1 Å². The molecule has 5 nitrogen and oxygen atoms in total. The molecule has 0 saturated carbocycles. The zero-order valence-electron chi connectivity index (χ0n) is 13.5. The number of ether oxygens (including phenoxy) is 1. The smallest absolute Gasteiger partial charge is 0.323 e. The third kappa shape index (κ3) is 3.68. The molecule has 1 fully saturated rings. The normalized spacial score (nSPS) is 27.0. The van der Waals surface area contributed by atoms with E-state index in [9.17, 15) is 4.79 Å². The van der Waals surface area contributed by atoms with Crippen LogP contribution in [0.4, 0.5) is 0 Å². The highest BCUT2D eigenvalue weighted by molar-refractivity contribution is 6.30. The van der Waals surface area contributed by atoms with E-state index in [2.05, 4.69) is 10.8 Å². The Morgan fingerprint density at radius 1 is 1.43 bits per heavy atom. The van der Waals surface area contributed by atoms with Crippen LogP contribution in [0.3, 0.4) is 0 Å². The number of carbonyl (C=O) groups is 1. The van der Waals surface area contributed by atoms with E-state index in [1.165, 1.54) is 0 Å². The maximum absolute atomic E-state index is 12.2. The molecule has 2 aliphatic heterocycles. The molecule has 2 N–H and O–H groups in total. The molecule has 0 unspecified atom stereocenters. The lowest BCUT2D eigenvalue weighted by Gasteiger charge is -2.22. The zero-order valence-corrected chi connectivity index (χ0v) is 14.2. The van der Waals surface area contributed by atoms with E-state index in [-0.39, 0.29) is 12.0 Å². The molecule has 2 aliphatic rings. The third-order valence-electron chi connectivity index (χ3n) is 3.80. The minimum atomic E-state index is -0.542. The fourth-order valence-electron chi connectivity index (χ4n) is 2.79. The first kappa shape index (κ1) is 16.3. The van der Waals surface area contributed by atoms with Crippen molar-refractivity contribution in [3.05, 3.63) is 40.9 Å². The molecule has 0 aliphatic carbocycles. The third-order valence-corrected chi connectivity index (χ3v) is 4.03. The van der Waals surface area contributed by atoms with Gasteiger partial charge in [0, 0.05) is 23.6 Å². The molecule has 0 amide bonds. The van der Waals surface area contributed by atoms with E-state index < -0.39 is 11.2 Å². The summed E-state index contributed by atoms with van der Waals surface area (Å²) in [5.41, 5.74) is 3.73. The van der Waals surface area contributed by atoms with Crippen LogP contribution in [0, 0.1) is 0 Å². The van der Waals surface area contributed by atoms with Crippen LogP contribution in [-0.4, -0.2) is 29.8 Å². The minimum absolute atomic E-state index is 0.248. The van der Waals surface area contributed by atoms with Crippen molar-refractivity contribution in [1.82, 2.24) is 10.8 Å². The lowest BCUT2D eigenvalue weighted by Crippen LogP contribution is -2.37. The Hall–Kier alpha value is -1.56. The molecule has 1 aromatic rings. The van der Waals surface area contributed by atoms with Crippen LogP contribution < -0.4 is 10.8 Å². The highest BCUT2D eigenvalue weighted by Crippen LogP contribution is 2.34. The van der Waals surface area contributed by atoms with Crippen molar-refractivity contribution in [2.45, 2.75) is 44.4 Å². The Morgan fingerprint density at radius 2 is 2.22 bits per heavy atom. The fraction of sp³-hybridized carbons (Fsp3) is 0.471. The Morgan fingerprint density at radius 3 is 2.91 bits per heavy atom. The monoisotopic (exact) mass is 336 g/mol. The molecule has 23 heavy (non-hydrogen) atoms. The summed E-state index contributed by atoms with van der Waals surface area (Å²) in [5, 5.41) is 3.85. The summed E-state index contributed by atoms with van der Waals surface area (Å²) < 4.78 is 5.44. The van der Waals surface area contributed by atoms with Crippen molar-refractivity contribution >= 4 is 23.3 Å². The molecular formula is C17H21ClN2O3. The maximum Gasteiger partial charge on any atom is 0.323 e. The van der Waals surface area contributed by atoms with Gasteiger partial charge in [-0.3, -0.25) is 15.1 Å². The highest BCUT2D eigenvalue weighted by atomic mass is 35.5. The maximum atomic E-state index is 12.2. The fourth-order valence-corrected chi connectivity index (χ4v) is 2.98. The second kappa shape index (κ2) is 5.82. The van der Waals surface area contributed by atoms with Crippen molar-refractivity contribution in [3.8, 4) is 0 Å². The molecule has 1 aromatic carbocycles. The number of hydroxylamine groups is 1. The average Bonchev–Trinajstić information content (AvgIpc) is 3.05. The van der Waals surface area contributed by atoms with Gasteiger partial charge >= 0.3 is 5.97 Å². The minimum Gasteiger partial charge on any atom is -0.459 e. The molecular weight excluding hydrogens is 316 g/mol. The number of rotatable bonds is 2. The molecule has 0 aromatic heterocycles. The number of hydrogen-bond acceptors (Lipinski definition) is 5. The number of nitrogens with one attached hydrogen (secondary N) is 2. The van der Waals surface area contributed by atoms with Crippen LogP contribution in [0.1, 0.15) is 32.8 Å². The molecule has 2 heterocycles. The van der Waals surface area contributed by atoms with Gasteiger partial charge in [-0.05, 0) is 39.0 Å². The van der Waals surface area contributed by atoms with Gasteiger partial charge in [0.05, 0.1) is 5.70 Å². The first-order valence-corrected chi connectivity index (χ1v) is 8.03. The quantitative estimate of drug-likeness (QED) is 0.813. The van der Waals surface area contributed by atoms with Crippen molar-refractivity contribution < 1.29 is 14.4 Å². The van der Waals surface area contributed by atoms with Crippen molar-refractivity contribution in [2.24, 2.45) is 0 Å². The molecule has 1 spiro atoms. The van der Waals surface area contributed by atoms with Gasteiger partial charge in [0.25, 0.3) is 0 Å². The van der Waals surface area contributed by atoms with Crippen molar-refractivity contribution in [1.29, 1.82) is 0 Å². The largest absolute Gasteiger partial charge is 0.459 e. The Balaban J connectivity index is 1.72. The summed E-state index contributed by atoms with van der Waals surface area (Å²) in [6.07, 6.45) is 2.54. The summed E-state index contributed by atoms with van der Waals surface area (Å²) in [7, 11) is 0. The van der Waals surface area contributed by atoms with Gasteiger partial charge in [-0.2, -0.15) is 0 Å². The second-order valence-corrected chi connectivity index (χ2v) is 7.44. The second-order valence-electron chi connectivity index (χ2n) is 7.01. The Kier molecular flexibility index (Phi) is 4.12. The number of carbonyl (C=O) groups excluding carboxylic acids is 1. The average molecular weight is 337 g/mol. The number of benzene rings is 1. The SMILES string of the molecule is CC(C)(C)OC(=O)[C@@H]1C[C@]2(C=C(c3cccc(Cl)c3)NO2)CN1. The summed E-state index contributed by atoms with van der Waals surface area (Å²) in [6.45, 7) is 6.13. The standard InChI is InChI=1S/C17H21ClN2O3/c1-16(2,3)22-15(21)14-9-17(10-19-14)8-13(20-23-17)11-5-4-6-12(18)7-11/h4-8,14,19-20H,9-10H2,1-3H3/t14-,17+/m0/s1. The predicted molar refractivity (Wildman–Crippen MR) is 88.6 cm³/mol. The van der Waals surface area contributed by atoms with E-state index in [1.807, 2.05) is 51.1 Å². The Bertz CT molecular complexity index is 653. The molecule has 6 heteroatoms.